The molecule has 1 aromatic heterocycles. The maximum Gasteiger partial charge on any atom is 0.335 e. The third-order valence-corrected chi connectivity index (χ3v) is 3.69. The second kappa shape index (κ2) is 4.93. The number of sulfonamides is 1. The number of anilines is 1. The standard InChI is InChI=1S/C11H9FN2O5S/c1-6-4-10(19-13-6)14-20(17,18)9-5-7(11(15)16)2-3-8(9)12/h2-5,14H,1H3,(H,15,16). The van der Waals surface area contributed by atoms with E-state index in [-0.39, 0.29) is 11.4 Å². The van der Waals surface area contributed by atoms with E-state index < -0.39 is 26.7 Å². The fourth-order valence-corrected chi connectivity index (χ4v) is 2.52. The number of nitrogens with one attached hydrogen (secondary N) is 1. The highest BCUT2D eigenvalue weighted by molar-refractivity contribution is 7.92. The molecule has 0 atom stereocenters. The molecule has 20 heavy (non-hydrogen) atoms. The van der Waals surface area contributed by atoms with Crippen LogP contribution in [0.25, 0.3) is 0 Å². The van der Waals surface area contributed by atoms with Crippen molar-refractivity contribution in [3.63, 3.8) is 0 Å². The first-order valence-electron chi connectivity index (χ1n) is 5.28. The molecule has 0 radical (unpaired) electrons. The summed E-state index contributed by atoms with van der Waals surface area (Å²) in [5.74, 6) is -2.63. The van der Waals surface area contributed by atoms with Gasteiger partial charge in [-0.1, -0.05) is 5.16 Å². The summed E-state index contributed by atoms with van der Waals surface area (Å²) < 4.78 is 44.2. The molecule has 0 saturated carbocycles. The molecule has 0 unspecified atom stereocenters. The molecule has 0 bridgehead atoms. The number of carbonyl (C=O) groups is 1. The van der Waals surface area contributed by atoms with Crippen molar-refractivity contribution in [1.29, 1.82) is 0 Å². The zero-order valence-corrected chi connectivity index (χ0v) is 10.9. The Kier molecular flexibility index (Phi) is 3.45. The first kappa shape index (κ1) is 14.0. The van der Waals surface area contributed by atoms with Gasteiger partial charge in [0.1, 0.15) is 10.7 Å². The van der Waals surface area contributed by atoms with E-state index in [1.54, 1.807) is 6.92 Å². The van der Waals surface area contributed by atoms with Gasteiger partial charge in [-0.25, -0.2) is 22.3 Å². The summed E-state index contributed by atoms with van der Waals surface area (Å²) in [4.78, 5) is 10.0. The Morgan fingerprint density at radius 2 is 2.10 bits per heavy atom. The molecule has 2 aromatic rings. The van der Waals surface area contributed by atoms with Crippen molar-refractivity contribution in [3.05, 3.63) is 41.3 Å². The van der Waals surface area contributed by atoms with Crippen molar-refractivity contribution in [3.8, 4) is 0 Å². The molecule has 0 fully saturated rings. The van der Waals surface area contributed by atoms with E-state index in [0.717, 1.165) is 18.2 Å². The molecular formula is C11H9FN2O5S. The molecule has 0 amide bonds. The van der Waals surface area contributed by atoms with Crippen LogP contribution in [0.2, 0.25) is 0 Å². The van der Waals surface area contributed by atoms with Crippen molar-refractivity contribution in [2.75, 3.05) is 4.72 Å². The number of aromatic nitrogens is 1. The molecule has 106 valence electrons. The van der Waals surface area contributed by atoms with Crippen LogP contribution in [-0.2, 0) is 10.0 Å². The smallest absolute Gasteiger partial charge is 0.335 e. The quantitative estimate of drug-likeness (QED) is 0.888. The van der Waals surface area contributed by atoms with Crippen LogP contribution in [0.15, 0.2) is 33.7 Å². The van der Waals surface area contributed by atoms with Gasteiger partial charge in [-0.2, -0.15) is 0 Å². The van der Waals surface area contributed by atoms with Gasteiger partial charge in [-0.15, -0.1) is 0 Å². The van der Waals surface area contributed by atoms with E-state index in [0.29, 0.717) is 5.69 Å². The molecule has 2 N–H and O–H groups in total. The first-order valence-corrected chi connectivity index (χ1v) is 6.77. The minimum absolute atomic E-state index is 0.192. The Labute approximate surface area is 113 Å². The van der Waals surface area contributed by atoms with Gasteiger partial charge in [0.2, 0.25) is 5.88 Å². The Morgan fingerprint density at radius 1 is 1.40 bits per heavy atom. The summed E-state index contributed by atoms with van der Waals surface area (Å²) >= 11 is 0. The number of rotatable bonds is 4. The van der Waals surface area contributed by atoms with Crippen LogP contribution in [0.3, 0.4) is 0 Å². The van der Waals surface area contributed by atoms with E-state index in [2.05, 4.69) is 9.68 Å². The lowest BCUT2D eigenvalue weighted by atomic mass is 10.2. The summed E-state index contributed by atoms with van der Waals surface area (Å²) in [6.07, 6.45) is 0. The van der Waals surface area contributed by atoms with Crippen molar-refractivity contribution in [2.24, 2.45) is 0 Å². The number of carboxylic acid groups (broad SMARTS) is 1. The summed E-state index contributed by atoms with van der Waals surface area (Å²) in [7, 11) is -4.31. The monoisotopic (exact) mass is 300 g/mol. The van der Waals surface area contributed by atoms with Gasteiger partial charge in [0.15, 0.2) is 0 Å². The van der Waals surface area contributed by atoms with Gasteiger partial charge in [0.05, 0.1) is 11.3 Å². The highest BCUT2D eigenvalue weighted by atomic mass is 32.2. The number of nitrogens with zero attached hydrogens (tertiary/aromatic N) is 1. The lowest BCUT2D eigenvalue weighted by Gasteiger charge is -2.06. The second-order valence-electron chi connectivity index (χ2n) is 3.89. The average Bonchev–Trinajstić information content (AvgIpc) is 2.73. The van der Waals surface area contributed by atoms with Crippen molar-refractivity contribution >= 4 is 21.9 Å². The number of hydrogen-bond acceptors (Lipinski definition) is 5. The number of carboxylic acids is 1. The van der Waals surface area contributed by atoms with E-state index in [4.69, 9.17) is 5.11 Å². The van der Waals surface area contributed by atoms with Crippen LogP contribution in [0.1, 0.15) is 16.1 Å². The summed E-state index contributed by atoms with van der Waals surface area (Å²) in [5, 5.41) is 12.3. The van der Waals surface area contributed by atoms with Gasteiger partial charge < -0.3 is 9.63 Å². The lowest BCUT2D eigenvalue weighted by Crippen LogP contribution is -2.15. The fraction of sp³-hybridized carbons (Fsp3) is 0.0909. The van der Waals surface area contributed by atoms with Gasteiger partial charge in [0.25, 0.3) is 10.0 Å². The molecule has 0 saturated heterocycles. The van der Waals surface area contributed by atoms with Gasteiger partial charge >= 0.3 is 5.97 Å². The molecule has 0 aliphatic carbocycles. The highest BCUT2D eigenvalue weighted by Crippen LogP contribution is 2.20. The average molecular weight is 300 g/mol. The van der Waals surface area contributed by atoms with E-state index >= 15 is 0 Å². The Morgan fingerprint density at radius 3 is 2.65 bits per heavy atom. The van der Waals surface area contributed by atoms with Crippen LogP contribution < -0.4 is 4.72 Å². The fourth-order valence-electron chi connectivity index (χ4n) is 1.44. The van der Waals surface area contributed by atoms with Crippen LogP contribution in [0.4, 0.5) is 10.3 Å². The zero-order valence-electron chi connectivity index (χ0n) is 10.1. The zero-order chi connectivity index (χ0) is 14.9. The third kappa shape index (κ3) is 2.77. The van der Waals surface area contributed by atoms with Crippen LogP contribution >= 0.6 is 0 Å². The number of benzene rings is 1. The van der Waals surface area contributed by atoms with Gasteiger partial charge in [0, 0.05) is 6.07 Å². The molecule has 1 aromatic carbocycles. The van der Waals surface area contributed by atoms with Crippen molar-refractivity contribution in [1.82, 2.24) is 5.16 Å². The predicted octanol–water partition coefficient (Wildman–Crippen LogP) is 1.62. The third-order valence-electron chi connectivity index (χ3n) is 2.33. The second-order valence-corrected chi connectivity index (χ2v) is 5.54. The Balaban J connectivity index is 2.43. The highest BCUT2D eigenvalue weighted by Gasteiger charge is 2.22. The first-order chi connectivity index (χ1) is 9.29. The largest absolute Gasteiger partial charge is 0.478 e. The normalized spacial score (nSPS) is 11.3. The number of aryl methyl sites for hydroxylation is 1. The maximum absolute atomic E-state index is 13.6. The molecule has 7 nitrogen and oxygen atoms in total. The predicted molar refractivity (Wildman–Crippen MR) is 65.4 cm³/mol. The van der Waals surface area contributed by atoms with Crippen molar-refractivity contribution in [2.45, 2.75) is 11.8 Å². The Bertz CT molecular complexity index is 769. The van der Waals surface area contributed by atoms with Crippen LogP contribution in [0, 0.1) is 12.7 Å². The van der Waals surface area contributed by atoms with E-state index in [9.17, 15) is 17.6 Å². The number of hydrogen-bond donors (Lipinski definition) is 2. The molecule has 0 aliphatic rings. The topological polar surface area (TPSA) is 110 Å². The minimum Gasteiger partial charge on any atom is -0.478 e. The van der Waals surface area contributed by atoms with Crippen molar-refractivity contribution < 1.29 is 27.2 Å². The number of halogens is 1. The molecule has 2 rings (SSSR count). The van der Waals surface area contributed by atoms with Crippen LogP contribution in [-0.4, -0.2) is 24.7 Å². The number of aromatic carboxylic acids is 1. The lowest BCUT2D eigenvalue weighted by molar-refractivity contribution is 0.0696. The molecule has 1 heterocycles. The van der Waals surface area contributed by atoms with Gasteiger partial charge in [-0.3, -0.25) is 0 Å². The van der Waals surface area contributed by atoms with Crippen LogP contribution in [0.5, 0.6) is 0 Å². The van der Waals surface area contributed by atoms with E-state index in [1.165, 1.54) is 6.07 Å². The summed E-state index contributed by atoms with van der Waals surface area (Å²) in [6, 6.07) is 3.76. The van der Waals surface area contributed by atoms with E-state index in [1.807, 2.05) is 4.72 Å². The molecule has 9 heteroatoms. The molecule has 0 aliphatic heterocycles. The Hall–Kier alpha value is -2.42. The van der Waals surface area contributed by atoms with Gasteiger partial charge in [-0.05, 0) is 25.1 Å². The molecular weight excluding hydrogens is 291 g/mol. The SMILES string of the molecule is Cc1cc(NS(=O)(=O)c2cc(C(=O)O)ccc2F)on1. The molecule has 0 spiro atoms. The summed E-state index contributed by atoms with van der Waals surface area (Å²) in [6.45, 7) is 1.58. The minimum atomic E-state index is -4.31. The maximum atomic E-state index is 13.6. The summed E-state index contributed by atoms with van der Waals surface area (Å²) in [5.41, 5.74) is 0.0861.